The zero-order valence-electron chi connectivity index (χ0n) is 18.9. The summed E-state index contributed by atoms with van der Waals surface area (Å²) >= 11 is 6.40. The molecule has 4 aromatic rings. The molecule has 8 heteroatoms. The largest absolute Gasteiger partial charge is 0.298 e. The maximum absolute atomic E-state index is 13.9. The molecule has 0 amide bonds. The first-order chi connectivity index (χ1) is 16.0. The highest BCUT2D eigenvalue weighted by atomic mass is 35.5. The summed E-state index contributed by atoms with van der Waals surface area (Å²) in [5, 5.41) is 0.581. The third-order valence-electron chi connectivity index (χ3n) is 5.46. The Morgan fingerprint density at radius 1 is 1.00 bits per heavy atom. The second-order valence-electron chi connectivity index (χ2n) is 7.57. The van der Waals surface area contributed by atoms with Crippen molar-refractivity contribution in [3.63, 3.8) is 0 Å². The summed E-state index contributed by atoms with van der Waals surface area (Å²) in [5.41, 5.74) is 2.21. The number of rotatable bonds is 7. The van der Waals surface area contributed by atoms with E-state index in [9.17, 15) is 9.18 Å². The summed E-state index contributed by atoms with van der Waals surface area (Å²) in [7, 11) is 0. The van der Waals surface area contributed by atoms with E-state index >= 15 is 0 Å². The minimum absolute atomic E-state index is 0. The van der Waals surface area contributed by atoms with Crippen molar-refractivity contribution in [3.8, 4) is 5.69 Å². The number of hydrogen-bond acceptors (Lipinski definition) is 4. The van der Waals surface area contributed by atoms with Gasteiger partial charge in [-0.1, -0.05) is 43.6 Å². The number of halogens is 3. The lowest BCUT2D eigenvalue weighted by atomic mass is 10.2. The van der Waals surface area contributed by atoms with Crippen molar-refractivity contribution >= 4 is 47.1 Å². The van der Waals surface area contributed by atoms with E-state index in [-0.39, 0.29) is 17.8 Å². The van der Waals surface area contributed by atoms with Crippen LogP contribution < -0.4 is 5.56 Å². The Hall–Kier alpha value is -3.06. The molecule has 34 heavy (non-hydrogen) atoms. The summed E-state index contributed by atoms with van der Waals surface area (Å²) in [5.74, 6) is -0.118. The molecule has 0 aliphatic rings. The molecule has 0 saturated carbocycles. The van der Waals surface area contributed by atoms with Crippen LogP contribution in [0, 0.1) is 5.82 Å². The van der Waals surface area contributed by atoms with Crippen LogP contribution in [0.5, 0.6) is 0 Å². The molecule has 0 radical (unpaired) electrons. The molecule has 0 saturated heterocycles. The molecule has 0 spiro atoms. The van der Waals surface area contributed by atoms with Crippen LogP contribution >= 0.6 is 24.0 Å². The van der Waals surface area contributed by atoms with Crippen LogP contribution in [0.15, 0.2) is 65.5 Å². The molecule has 176 valence electrons. The molecular weight excluding hydrogens is 474 g/mol. The van der Waals surface area contributed by atoms with Crippen molar-refractivity contribution in [2.24, 2.45) is 0 Å². The van der Waals surface area contributed by atoms with Gasteiger partial charge in [0.05, 0.1) is 33.0 Å². The Bertz CT molecular complexity index is 1380. The molecule has 2 aromatic carbocycles. The molecule has 0 fully saturated rings. The van der Waals surface area contributed by atoms with E-state index in [1.807, 2.05) is 24.3 Å². The molecule has 2 aromatic heterocycles. The summed E-state index contributed by atoms with van der Waals surface area (Å²) in [4.78, 5) is 25.0. The van der Waals surface area contributed by atoms with Gasteiger partial charge in [0.1, 0.15) is 11.6 Å². The van der Waals surface area contributed by atoms with Crippen LogP contribution in [0.4, 0.5) is 4.39 Å². The highest BCUT2D eigenvalue weighted by Gasteiger charge is 2.14. The van der Waals surface area contributed by atoms with E-state index in [0.29, 0.717) is 22.1 Å². The molecule has 0 bridgehead atoms. The zero-order chi connectivity index (χ0) is 23.4. The Labute approximate surface area is 209 Å². The SMILES string of the molecule is CCN(CC)Cc1cccc(/C=C\c2nc3ccc(F)cc3c(=O)n2-c2ccccc2Cl)n1.Cl. The van der Waals surface area contributed by atoms with Crippen molar-refractivity contribution in [2.45, 2.75) is 20.4 Å². The second kappa shape index (κ2) is 11.4. The van der Waals surface area contributed by atoms with E-state index in [1.54, 1.807) is 30.3 Å². The highest BCUT2D eigenvalue weighted by molar-refractivity contribution is 6.32. The zero-order valence-corrected chi connectivity index (χ0v) is 20.5. The van der Waals surface area contributed by atoms with Crippen LogP contribution in [-0.4, -0.2) is 32.5 Å². The third kappa shape index (κ3) is 5.53. The fourth-order valence-electron chi connectivity index (χ4n) is 3.67. The van der Waals surface area contributed by atoms with Gasteiger partial charge in [-0.3, -0.25) is 19.2 Å². The fraction of sp³-hybridized carbons (Fsp3) is 0.192. The van der Waals surface area contributed by atoms with Crippen molar-refractivity contribution in [1.29, 1.82) is 0 Å². The fourth-order valence-corrected chi connectivity index (χ4v) is 3.89. The maximum Gasteiger partial charge on any atom is 0.266 e. The van der Waals surface area contributed by atoms with E-state index in [2.05, 4.69) is 23.7 Å². The molecule has 0 aliphatic carbocycles. The van der Waals surface area contributed by atoms with E-state index < -0.39 is 11.4 Å². The normalized spacial score (nSPS) is 11.3. The third-order valence-corrected chi connectivity index (χ3v) is 5.78. The standard InChI is InChI=1S/C26H24ClFN4O.ClH/c1-3-31(4-2)17-20-9-7-8-19(29-20)13-15-25-30-23-14-12-18(28)16-21(23)26(33)32(25)24-11-6-5-10-22(24)27;/h5-16H,3-4,17H2,1-2H3;1H/b15-13-;. The lowest BCUT2D eigenvalue weighted by Gasteiger charge is -2.17. The number of pyridine rings is 1. The summed E-state index contributed by atoms with van der Waals surface area (Å²) in [6, 6.07) is 16.9. The number of fused-ring (bicyclic) bond motifs is 1. The van der Waals surface area contributed by atoms with Crippen LogP contribution in [0.2, 0.25) is 5.02 Å². The number of para-hydroxylation sites is 1. The lowest BCUT2D eigenvalue weighted by Crippen LogP contribution is -2.23. The Balaban J connectivity index is 0.00000324. The van der Waals surface area contributed by atoms with Gasteiger partial charge in [-0.05, 0) is 67.7 Å². The minimum atomic E-state index is -0.496. The van der Waals surface area contributed by atoms with E-state index in [4.69, 9.17) is 16.6 Å². The van der Waals surface area contributed by atoms with Crippen LogP contribution in [-0.2, 0) is 6.54 Å². The van der Waals surface area contributed by atoms with Crippen molar-refractivity contribution < 1.29 is 4.39 Å². The molecule has 0 atom stereocenters. The maximum atomic E-state index is 13.9. The average molecular weight is 499 g/mol. The first-order valence-electron chi connectivity index (χ1n) is 10.8. The molecule has 2 heterocycles. The van der Waals surface area contributed by atoms with Crippen LogP contribution in [0.25, 0.3) is 28.7 Å². The van der Waals surface area contributed by atoms with Gasteiger partial charge in [0.25, 0.3) is 5.56 Å². The molecule has 0 aliphatic heterocycles. The molecule has 0 unspecified atom stereocenters. The monoisotopic (exact) mass is 498 g/mol. The Morgan fingerprint density at radius 2 is 1.76 bits per heavy atom. The van der Waals surface area contributed by atoms with Crippen molar-refractivity contribution in [1.82, 2.24) is 19.4 Å². The van der Waals surface area contributed by atoms with Gasteiger partial charge in [0.2, 0.25) is 0 Å². The van der Waals surface area contributed by atoms with Crippen LogP contribution in [0.1, 0.15) is 31.1 Å². The average Bonchev–Trinajstić information content (AvgIpc) is 2.83. The first-order valence-corrected chi connectivity index (χ1v) is 11.2. The van der Waals surface area contributed by atoms with Gasteiger partial charge in [-0.15, -0.1) is 12.4 Å². The number of benzene rings is 2. The Kier molecular flexibility index (Phi) is 8.56. The van der Waals surface area contributed by atoms with Crippen molar-refractivity contribution in [3.05, 3.63) is 99.1 Å². The number of nitrogens with zero attached hydrogens (tertiary/aromatic N) is 4. The lowest BCUT2D eigenvalue weighted by molar-refractivity contribution is 0.292. The van der Waals surface area contributed by atoms with Gasteiger partial charge in [-0.25, -0.2) is 9.37 Å². The highest BCUT2D eigenvalue weighted by Crippen LogP contribution is 2.22. The summed E-state index contributed by atoms with van der Waals surface area (Å²) < 4.78 is 15.3. The summed E-state index contributed by atoms with van der Waals surface area (Å²) in [6.45, 7) is 6.91. The van der Waals surface area contributed by atoms with Crippen LogP contribution in [0.3, 0.4) is 0 Å². The van der Waals surface area contributed by atoms with Gasteiger partial charge in [-0.2, -0.15) is 0 Å². The van der Waals surface area contributed by atoms with E-state index in [1.165, 1.54) is 22.8 Å². The van der Waals surface area contributed by atoms with E-state index in [0.717, 1.165) is 31.0 Å². The smallest absolute Gasteiger partial charge is 0.266 e. The Morgan fingerprint density at radius 3 is 2.50 bits per heavy atom. The number of hydrogen-bond donors (Lipinski definition) is 0. The van der Waals surface area contributed by atoms with Gasteiger partial charge < -0.3 is 0 Å². The topological polar surface area (TPSA) is 51.0 Å². The van der Waals surface area contributed by atoms with Gasteiger partial charge in [0, 0.05) is 6.54 Å². The molecule has 5 nitrogen and oxygen atoms in total. The summed E-state index contributed by atoms with van der Waals surface area (Å²) in [6.07, 6.45) is 3.55. The molecule has 0 N–H and O–H groups in total. The first kappa shape index (κ1) is 25.6. The predicted molar refractivity (Wildman–Crippen MR) is 139 cm³/mol. The predicted octanol–water partition coefficient (Wildman–Crippen LogP) is 6.01. The second-order valence-corrected chi connectivity index (χ2v) is 7.98. The quantitative estimate of drug-likeness (QED) is 0.313. The van der Waals surface area contributed by atoms with Crippen molar-refractivity contribution in [2.75, 3.05) is 13.1 Å². The van der Waals surface area contributed by atoms with Gasteiger partial charge in [0.15, 0.2) is 0 Å². The number of aromatic nitrogens is 3. The van der Waals surface area contributed by atoms with Gasteiger partial charge >= 0.3 is 0 Å². The minimum Gasteiger partial charge on any atom is -0.298 e. The molecular formula is C26H25Cl2FN4O. The molecule has 4 rings (SSSR count).